The van der Waals surface area contributed by atoms with E-state index < -0.39 is 16.1 Å². The van der Waals surface area contributed by atoms with Crippen molar-refractivity contribution in [1.29, 1.82) is 0 Å². The number of nitrogens with zero attached hydrogens (tertiary/aromatic N) is 2. The van der Waals surface area contributed by atoms with Crippen LogP contribution in [-0.2, 0) is 27.7 Å². The van der Waals surface area contributed by atoms with E-state index in [-0.39, 0.29) is 23.7 Å². The van der Waals surface area contributed by atoms with Gasteiger partial charge in [-0.2, -0.15) is 4.31 Å². The Hall–Kier alpha value is -3.10. The molecule has 2 saturated heterocycles. The predicted octanol–water partition coefficient (Wildman–Crippen LogP) is 4.48. The van der Waals surface area contributed by atoms with Crippen LogP contribution in [0.3, 0.4) is 0 Å². The molecule has 3 atom stereocenters. The second kappa shape index (κ2) is 9.89. The Morgan fingerprint density at radius 2 is 1.76 bits per heavy atom. The molecule has 0 N–H and O–H groups in total. The van der Waals surface area contributed by atoms with Gasteiger partial charge in [0.05, 0.1) is 32.1 Å². The molecule has 2 bridgehead atoms. The first-order valence-electron chi connectivity index (χ1n) is 13.5. The van der Waals surface area contributed by atoms with Crippen LogP contribution in [0.15, 0.2) is 54.6 Å². The molecule has 0 radical (unpaired) electrons. The monoisotopic (exact) mass is 534 g/mol. The Kier molecular flexibility index (Phi) is 6.56. The number of ether oxygens (including phenoxy) is 2. The Balaban J connectivity index is 1.39. The number of hydrogen-bond donors (Lipinski definition) is 0. The van der Waals surface area contributed by atoms with E-state index in [1.54, 1.807) is 18.5 Å². The summed E-state index contributed by atoms with van der Waals surface area (Å²) in [7, 11) is -0.487. The predicted molar refractivity (Wildman–Crippen MR) is 147 cm³/mol. The zero-order chi connectivity index (χ0) is 26.4. The van der Waals surface area contributed by atoms with E-state index in [9.17, 15) is 13.2 Å². The molecule has 7 nitrogen and oxygen atoms in total. The quantitative estimate of drug-likeness (QED) is 0.466. The van der Waals surface area contributed by atoms with Crippen molar-refractivity contribution < 1.29 is 22.7 Å². The number of methoxy groups -OCH3 is 2. The molecule has 0 aliphatic carbocycles. The molecule has 2 fully saturated rings. The topological polar surface area (TPSA) is 76.2 Å². The molecule has 3 aliphatic rings. The summed E-state index contributed by atoms with van der Waals surface area (Å²) in [5, 5.41) is 2.17. The molecule has 3 aliphatic heterocycles. The van der Waals surface area contributed by atoms with Crippen LogP contribution in [0.5, 0.6) is 11.5 Å². The average molecular weight is 535 g/mol. The van der Waals surface area contributed by atoms with Gasteiger partial charge in [-0.3, -0.25) is 4.79 Å². The van der Waals surface area contributed by atoms with Crippen molar-refractivity contribution in [2.75, 3.05) is 26.5 Å². The summed E-state index contributed by atoms with van der Waals surface area (Å²) in [6, 6.07) is 16.6. The molecule has 38 heavy (non-hydrogen) atoms. The van der Waals surface area contributed by atoms with Crippen LogP contribution in [0.1, 0.15) is 48.4 Å². The van der Waals surface area contributed by atoms with Gasteiger partial charge in [-0.15, -0.1) is 0 Å². The number of piperazine rings is 1. The van der Waals surface area contributed by atoms with Crippen molar-refractivity contribution in [2.24, 2.45) is 0 Å². The van der Waals surface area contributed by atoms with Crippen LogP contribution in [0.2, 0.25) is 0 Å². The molecule has 200 valence electrons. The van der Waals surface area contributed by atoms with Crippen LogP contribution in [0.25, 0.3) is 10.8 Å². The Bertz CT molecular complexity index is 1460. The minimum Gasteiger partial charge on any atom is -0.497 e. The smallest absolute Gasteiger partial charge is 0.241 e. The van der Waals surface area contributed by atoms with Gasteiger partial charge < -0.3 is 14.4 Å². The molecule has 1 amide bonds. The zero-order valence-corrected chi connectivity index (χ0v) is 22.7. The van der Waals surface area contributed by atoms with Gasteiger partial charge in [0.1, 0.15) is 17.5 Å². The van der Waals surface area contributed by atoms with E-state index >= 15 is 0 Å². The summed E-state index contributed by atoms with van der Waals surface area (Å²) in [4.78, 5) is 15.8. The first kappa shape index (κ1) is 25.2. The second-order valence-electron chi connectivity index (χ2n) is 10.5. The first-order valence-corrected chi connectivity index (χ1v) is 15.1. The zero-order valence-electron chi connectivity index (χ0n) is 21.9. The molecule has 3 heterocycles. The number of carbonyl (C=O) groups is 1. The number of benzene rings is 3. The summed E-state index contributed by atoms with van der Waals surface area (Å²) in [5.41, 5.74) is 3.00. The molecule has 6 rings (SSSR count). The van der Waals surface area contributed by atoms with E-state index in [1.165, 1.54) is 0 Å². The van der Waals surface area contributed by atoms with Crippen LogP contribution < -0.4 is 9.47 Å². The van der Waals surface area contributed by atoms with Gasteiger partial charge in [-0.1, -0.05) is 55.3 Å². The number of fused-ring (bicyclic) bond motifs is 7. The summed E-state index contributed by atoms with van der Waals surface area (Å²) >= 11 is 0. The maximum Gasteiger partial charge on any atom is 0.241 e. The summed E-state index contributed by atoms with van der Waals surface area (Å²) in [5.74, 6) is 1.25. The van der Waals surface area contributed by atoms with E-state index in [1.807, 2.05) is 59.5 Å². The highest BCUT2D eigenvalue weighted by Crippen LogP contribution is 2.48. The number of sulfonamides is 1. The highest BCUT2D eigenvalue weighted by molar-refractivity contribution is 7.89. The Morgan fingerprint density at radius 1 is 0.974 bits per heavy atom. The lowest BCUT2D eigenvalue weighted by molar-refractivity contribution is -0.146. The number of amides is 1. The third-order valence-corrected chi connectivity index (χ3v) is 10.4. The summed E-state index contributed by atoms with van der Waals surface area (Å²) in [6.07, 6.45) is 4.11. The standard InChI is InChI=1S/C30H34N2O5S/c1-36-23-18-22-14-16-31-29(28(22)27(19-23)37-2)25-12-5-6-13-26(30(31)33)32(25)38(34,35)17-15-21-10-7-9-20-8-3-4-11-24(20)21/h3-4,7-11,18-19,25-26,29H,5-6,12-17H2,1-2H3. The Labute approximate surface area is 224 Å². The second-order valence-corrected chi connectivity index (χ2v) is 12.5. The average Bonchev–Trinajstić information content (AvgIpc) is 3.14. The Morgan fingerprint density at radius 3 is 2.58 bits per heavy atom. The highest BCUT2D eigenvalue weighted by Gasteiger charge is 2.54. The fourth-order valence-corrected chi connectivity index (χ4v) is 8.73. The van der Waals surface area contributed by atoms with Crippen LogP contribution >= 0.6 is 0 Å². The van der Waals surface area contributed by atoms with Crippen molar-refractivity contribution in [1.82, 2.24) is 9.21 Å². The van der Waals surface area contributed by atoms with E-state index in [4.69, 9.17) is 9.47 Å². The van der Waals surface area contributed by atoms with Crippen molar-refractivity contribution in [3.05, 3.63) is 71.3 Å². The molecular formula is C30H34N2O5S. The normalized spacial score (nSPS) is 23.5. The number of carbonyl (C=O) groups excluding carboxylic acids is 1. The first-order chi connectivity index (χ1) is 18.4. The summed E-state index contributed by atoms with van der Waals surface area (Å²) in [6.45, 7) is 0.573. The maximum atomic E-state index is 14.2. The fraction of sp³-hybridized carbons (Fsp3) is 0.433. The molecule has 3 unspecified atom stereocenters. The maximum absolute atomic E-state index is 14.2. The van der Waals surface area contributed by atoms with Crippen LogP contribution in [0, 0.1) is 0 Å². The van der Waals surface area contributed by atoms with Gasteiger partial charge in [0.25, 0.3) is 0 Å². The molecule has 3 aromatic rings. The van der Waals surface area contributed by atoms with E-state index in [0.717, 1.165) is 40.3 Å². The van der Waals surface area contributed by atoms with Gasteiger partial charge in [-0.25, -0.2) is 8.42 Å². The number of rotatable bonds is 6. The van der Waals surface area contributed by atoms with Crippen molar-refractivity contribution >= 4 is 26.7 Å². The summed E-state index contributed by atoms with van der Waals surface area (Å²) < 4.78 is 41.2. The van der Waals surface area contributed by atoms with Crippen molar-refractivity contribution in [3.8, 4) is 11.5 Å². The molecule has 0 saturated carbocycles. The van der Waals surface area contributed by atoms with Gasteiger partial charge in [0.15, 0.2) is 0 Å². The van der Waals surface area contributed by atoms with Crippen molar-refractivity contribution in [3.63, 3.8) is 0 Å². The minimum atomic E-state index is -3.73. The molecule has 3 aromatic carbocycles. The van der Waals surface area contributed by atoms with Gasteiger partial charge >= 0.3 is 0 Å². The van der Waals surface area contributed by atoms with Gasteiger partial charge in [0, 0.05) is 18.2 Å². The van der Waals surface area contributed by atoms with Gasteiger partial charge in [0.2, 0.25) is 15.9 Å². The van der Waals surface area contributed by atoms with Crippen LogP contribution in [-0.4, -0.2) is 62.1 Å². The van der Waals surface area contributed by atoms with E-state index in [0.29, 0.717) is 43.7 Å². The third kappa shape index (κ3) is 4.14. The molecule has 0 spiro atoms. The lowest BCUT2D eigenvalue weighted by Crippen LogP contribution is -2.65. The minimum absolute atomic E-state index is 0.0272. The molecule has 8 heteroatoms. The molecular weight excluding hydrogens is 500 g/mol. The highest BCUT2D eigenvalue weighted by atomic mass is 32.2. The van der Waals surface area contributed by atoms with E-state index in [2.05, 4.69) is 0 Å². The fourth-order valence-electron chi connectivity index (χ4n) is 6.82. The lowest BCUT2D eigenvalue weighted by Gasteiger charge is -2.52. The SMILES string of the molecule is COc1cc2c(c(OC)c1)C1C3CCCCC(C(=O)N1CC2)N3S(=O)(=O)CCc1cccc2ccccc12. The lowest BCUT2D eigenvalue weighted by atomic mass is 9.83. The van der Waals surface area contributed by atoms with Gasteiger partial charge in [-0.05, 0) is 53.6 Å². The number of hydrogen-bond acceptors (Lipinski definition) is 5. The number of aryl methyl sites for hydroxylation is 1. The van der Waals surface area contributed by atoms with Crippen molar-refractivity contribution in [2.45, 2.75) is 56.7 Å². The third-order valence-electron chi connectivity index (χ3n) is 8.54. The largest absolute Gasteiger partial charge is 0.497 e. The molecule has 0 aromatic heterocycles. The van der Waals surface area contributed by atoms with Crippen LogP contribution in [0.4, 0.5) is 0 Å².